The van der Waals surface area contributed by atoms with Crippen molar-refractivity contribution in [3.63, 3.8) is 0 Å². The third-order valence-corrected chi connectivity index (χ3v) is 4.79. The van der Waals surface area contributed by atoms with Crippen molar-refractivity contribution in [1.29, 1.82) is 0 Å². The topological polar surface area (TPSA) is 18.5 Å². The molecule has 20 heavy (non-hydrogen) atoms. The molecule has 2 atom stereocenters. The summed E-state index contributed by atoms with van der Waals surface area (Å²) in [6.45, 7) is 10.1. The molecule has 0 radical (unpaired) electrons. The summed E-state index contributed by atoms with van der Waals surface area (Å²) in [6, 6.07) is 6.33. The largest absolute Gasteiger partial charge is 0.490 e. The fourth-order valence-electron chi connectivity index (χ4n) is 2.03. The van der Waals surface area contributed by atoms with Gasteiger partial charge in [0.2, 0.25) is 0 Å². The normalized spacial score (nSPS) is 13.8. The minimum Gasteiger partial charge on any atom is -0.490 e. The van der Waals surface area contributed by atoms with Crippen molar-refractivity contribution in [3.05, 3.63) is 23.8 Å². The maximum atomic E-state index is 5.85. The predicted octanol–water partition coefficient (Wildman–Crippen LogP) is 5.54. The second-order valence-electron chi connectivity index (χ2n) is 5.12. The highest BCUT2D eigenvalue weighted by molar-refractivity contribution is 9.09. The Morgan fingerprint density at radius 2 is 1.60 bits per heavy atom. The molecule has 0 aliphatic rings. The first-order valence-corrected chi connectivity index (χ1v) is 8.59. The molecule has 0 aromatic heterocycles. The molecular formula is C17H27BrO2. The first kappa shape index (κ1) is 17.4. The summed E-state index contributed by atoms with van der Waals surface area (Å²) < 4.78 is 11.6. The van der Waals surface area contributed by atoms with Crippen LogP contribution < -0.4 is 9.47 Å². The molecule has 0 heterocycles. The van der Waals surface area contributed by atoms with Gasteiger partial charge in [-0.3, -0.25) is 0 Å². The Labute approximate surface area is 132 Å². The molecule has 1 aromatic carbocycles. The van der Waals surface area contributed by atoms with Gasteiger partial charge in [-0.15, -0.1) is 0 Å². The second kappa shape index (κ2) is 9.28. The van der Waals surface area contributed by atoms with Crippen molar-refractivity contribution in [1.82, 2.24) is 0 Å². The molecule has 0 fully saturated rings. The summed E-state index contributed by atoms with van der Waals surface area (Å²) >= 11 is 3.74. The van der Waals surface area contributed by atoms with Crippen LogP contribution in [0.25, 0.3) is 0 Å². The van der Waals surface area contributed by atoms with Gasteiger partial charge in [0.15, 0.2) is 11.5 Å². The minimum atomic E-state index is 0.462. The predicted molar refractivity (Wildman–Crippen MR) is 89.4 cm³/mol. The van der Waals surface area contributed by atoms with Crippen LogP contribution in [0, 0.1) is 0 Å². The Balaban J connectivity index is 2.93. The van der Waals surface area contributed by atoms with Gasteiger partial charge in [-0.2, -0.15) is 0 Å². The fourth-order valence-corrected chi connectivity index (χ4v) is 2.33. The smallest absolute Gasteiger partial charge is 0.161 e. The van der Waals surface area contributed by atoms with E-state index in [0.29, 0.717) is 10.7 Å². The zero-order chi connectivity index (χ0) is 15.0. The Morgan fingerprint density at radius 3 is 2.15 bits per heavy atom. The zero-order valence-electron chi connectivity index (χ0n) is 13.1. The van der Waals surface area contributed by atoms with E-state index in [9.17, 15) is 0 Å². The monoisotopic (exact) mass is 342 g/mol. The molecule has 1 rings (SSSR count). The molecule has 0 saturated heterocycles. The van der Waals surface area contributed by atoms with Gasteiger partial charge in [-0.1, -0.05) is 49.7 Å². The molecule has 0 aliphatic heterocycles. The van der Waals surface area contributed by atoms with Gasteiger partial charge >= 0.3 is 0 Å². The summed E-state index contributed by atoms with van der Waals surface area (Å²) in [5, 5.41) is 0. The van der Waals surface area contributed by atoms with Crippen LogP contribution in [0.1, 0.15) is 58.4 Å². The molecule has 0 spiro atoms. The molecule has 0 aliphatic carbocycles. The number of hydrogen-bond donors (Lipinski definition) is 0. The lowest BCUT2D eigenvalue weighted by molar-refractivity contribution is 0.268. The summed E-state index contributed by atoms with van der Waals surface area (Å²) in [5.41, 5.74) is 1.30. The Kier molecular flexibility index (Phi) is 8.05. The molecular weight excluding hydrogens is 316 g/mol. The standard InChI is InChI=1S/C17H27BrO2/c1-5-10-19-16-9-8-14(13(4)15(18)7-3)12-17(16)20-11-6-2/h8-9,12-13,15H,5-7,10-11H2,1-4H3. The zero-order valence-corrected chi connectivity index (χ0v) is 14.7. The molecule has 0 amide bonds. The van der Waals surface area contributed by atoms with Crippen LogP contribution in [0.3, 0.4) is 0 Å². The summed E-state index contributed by atoms with van der Waals surface area (Å²) in [4.78, 5) is 0.490. The van der Waals surface area contributed by atoms with Crippen molar-refractivity contribution >= 4 is 15.9 Å². The Hall–Kier alpha value is -0.700. The third-order valence-electron chi connectivity index (χ3n) is 3.35. The van der Waals surface area contributed by atoms with Crippen molar-refractivity contribution in [2.24, 2.45) is 0 Å². The SMILES string of the molecule is CCCOc1ccc(C(C)C(Br)CC)cc1OCCC. The van der Waals surface area contributed by atoms with Gasteiger partial charge in [0.25, 0.3) is 0 Å². The molecule has 2 nitrogen and oxygen atoms in total. The van der Waals surface area contributed by atoms with Crippen molar-refractivity contribution in [2.45, 2.75) is 57.7 Å². The van der Waals surface area contributed by atoms with Gasteiger partial charge in [-0.25, -0.2) is 0 Å². The number of alkyl halides is 1. The highest BCUT2D eigenvalue weighted by Gasteiger charge is 2.16. The first-order chi connectivity index (χ1) is 9.63. The van der Waals surface area contributed by atoms with Crippen LogP contribution in [-0.2, 0) is 0 Å². The Morgan fingerprint density at radius 1 is 1.00 bits per heavy atom. The van der Waals surface area contributed by atoms with Gasteiger partial charge in [-0.05, 0) is 42.9 Å². The van der Waals surface area contributed by atoms with Crippen LogP contribution in [0.4, 0.5) is 0 Å². The van der Waals surface area contributed by atoms with Crippen LogP contribution in [0.2, 0.25) is 0 Å². The van der Waals surface area contributed by atoms with E-state index >= 15 is 0 Å². The maximum absolute atomic E-state index is 5.85. The van der Waals surface area contributed by atoms with E-state index in [4.69, 9.17) is 9.47 Å². The first-order valence-electron chi connectivity index (χ1n) is 7.67. The van der Waals surface area contributed by atoms with E-state index in [-0.39, 0.29) is 0 Å². The average molecular weight is 343 g/mol. The quantitative estimate of drug-likeness (QED) is 0.548. The number of halogens is 1. The number of ether oxygens (including phenoxy) is 2. The van der Waals surface area contributed by atoms with Gasteiger partial charge in [0.1, 0.15) is 0 Å². The molecule has 0 bridgehead atoms. The minimum absolute atomic E-state index is 0.462. The summed E-state index contributed by atoms with van der Waals surface area (Å²) in [5.74, 6) is 2.20. The summed E-state index contributed by atoms with van der Waals surface area (Å²) in [6.07, 6.45) is 3.12. The molecule has 3 heteroatoms. The van der Waals surface area contributed by atoms with E-state index < -0.39 is 0 Å². The fraction of sp³-hybridized carbons (Fsp3) is 0.647. The van der Waals surface area contributed by atoms with E-state index in [1.54, 1.807) is 0 Å². The third kappa shape index (κ3) is 5.01. The van der Waals surface area contributed by atoms with Crippen LogP contribution in [0.5, 0.6) is 11.5 Å². The summed E-state index contributed by atoms with van der Waals surface area (Å²) in [7, 11) is 0. The lowest BCUT2D eigenvalue weighted by Gasteiger charge is -2.19. The highest BCUT2D eigenvalue weighted by atomic mass is 79.9. The number of rotatable bonds is 9. The molecule has 0 N–H and O–H groups in total. The van der Waals surface area contributed by atoms with Gasteiger partial charge in [0.05, 0.1) is 13.2 Å². The van der Waals surface area contributed by atoms with Crippen molar-refractivity contribution < 1.29 is 9.47 Å². The molecule has 114 valence electrons. The van der Waals surface area contributed by atoms with E-state index in [1.807, 2.05) is 6.07 Å². The van der Waals surface area contributed by atoms with Crippen molar-refractivity contribution in [2.75, 3.05) is 13.2 Å². The lowest BCUT2D eigenvalue weighted by Crippen LogP contribution is -2.09. The number of hydrogen-bond acceptors (Lipinski definition) is 2. The maximum Gasteiger partial charge on any atom is 0.161 e. The molecule has 2 unspecified atom stereocenters. The van der Waals surface area contributed by atoms with Gasteiger partial charge in [0, 0.05) is 4.83 Å². The lowest BCUT2D eigenvalue weighted by atomic mass is 9.96. The van der Waals surface area contributed by atoms with E-state index in [0.717, 1.165) is 44.0 Å². The number of benzene rings is 1. The molecule has 1 aromatic rings. The highest BCUT2D eigenvalue weighted by Crippen LogP contribution is 2.34. The van der Waals surface area contributed by atoms with Crippen LogP contribution in [0.15, 0.2) is 18.2 Å². The Bertz CT molecular complexity index is 393. The second-order valence-corrected chi connectivity index (χ2v) is 6.29. The van der Waals surface area contributed by atoms with Gasteiger partial charge < -0.3 is 9.47 Å². The van der Waals surface area contributed by atoms with E-state index in [1.165, 1.54) is 5.56 Å². The van der Waals surface area contributed by atoms with Crippen molar-refractivity contribution in [3.8, 4) is 11.5 Å². The average Bonchev–Trinajstić information content (AvgIpc) is 2.49. The van der Waals surface area contributed by atoms with Crippen LogP contribution in [-0.4, -0.2) is 18.0 Å². The van der Waals surface area contributed by atoms with Crippen LogP contribution >= 0.6 is 15.9 Å². The van der Waals surface area contributed by atoms with E-state index in [2.05, 4.69) is 55.8 Å². The molecule has 0 saturated carbocycles.